The molecule has 35 heavy (non-hydrogen) atoms. The Bertz CT molecular complexity index is 993. The molecule has 0 aromatic heterocycles. The number of carbonyl (C=O) groups excluding carboxylic acids is 1. The summed E-state index contributed by atoms with van der Waals surface area (Å²) in [7, 11) is 0. The van der Waals surface area contributed by atoms with Gasteiger partial charge in [-0.15, -0.1) is 0 Å². The van der Waals surface area contributed by atoms with Gasteiger partial charge in [0.2, 0.25) is 5.90 Å². The Labute approximate surface area is 214 Å². The van der Waals surface area contributed by atoms with Crippen LogP contribution in [-0.4, -0.2) is 86.6 Å². The van der Waals surface area contributed by atoms with E-state index in [0.717, 1.165) is 48.4 Å². The average Bonchev–Trinajstić information content (AvgIpc) is 3.32. The summed E-state index contributed by atoms with van der Waals surface area (Å²) in [5.74, 6) is 1.03. The van der Waals surface area contributed by atoms with E-state index in [2.05, 4.69) is 26.1 Å². The molecule has 8 nitrogen and oxygen atoms in total. The molecule has 2 aromatic rings. The van der Waals surface area contributed by atoms with Gasteiger partial charge in [-0.3, -0.25) is 9.69 Å². The average molecular weight is 546 g/mol. The van der Waals surface area contributed by atoms with E-state index >= 15 is 0 Å². The number of halogens is 1. The van der Waals surface area contributed by atoms with E-state index in [1.54, 1.807) is 0 Å². The minimum Gasteiger partial charge on any atom is -0.494 e. The Kier molecular flexibility index (Phi) is 9.14. The molecule has 1 fully saturated rings. The molecule has 0 bridgehead atoms. The minimum absolute atomic E-state index is 0.0949. The van der Waals surface area contributed by atoms with Crippen LogP contribution in [0.15, 0.2) is 58.0 Å². The van der Waals surface area contributed by atoms with Crippen molar-refractivity contribution in [2.75, 3.05) is 59.2 Å². The first kappa shape index (κ1) is 25.6. The van der Waals surface area contributed by atoms with Crippen LogP contribution in [0.3, 0.4) is 0 Å². The number of morpholine rings is 1. The number of nitrogens with one attached hydrogen (secondary N) is 1. The highest BCUT2D eigenvalue weighted by atomic mass is 79.9. The number of nitrogens with zero attached hydrogens (tertiary/aromatic N) is 2. The number of aliphatic hydroxyl groups excluding tert-OH is 1. The number of hydrogen-bond acceptors (Lipinski definition) is 7. The molecular formula is C26H32BrN3O5. The molecule has 2 aromatic carbocycles. The third-order valence-corrected chi connectivity index (χ3v) is 6.61. The van der Waals surface area contributed by atoms with Crippen molar-refractivity contribution in [2.45, 2.75) is 18.4 Å². The molecule has 1 amide bonds. The Morgan fingerprint density at radius 2 is 1.89 bits per heavy atom. The summed E-state index contributed by atoms with van der Waals surface area (Å²) in [6.07, 6.45) is 1.02. The summed E-state index contributed by atoms with van der Waals surface area (Å²) in [5.41, 5.74) is 0.765. The highest BCUT2D eigenvalue weighted by Gasteiger charge is 2.44. The van der Waals surface area contributed by atoms with Gasteiger partial charge in [-0.2, -0.15) is 0 Å². The fourth-order valence-corrected chi connectivity index (χ4v) is 4.35. The Morgan fingerprint density at radius 1 is 1.14 bits per heavy atom. The summed E-state index contributed by atoms with van der Waals surface area (Å²) >= 11 is 3.47. The van der Waals surface area contributed by atoms with Crippen LogP contribution in [0.5, 0.6) is 5.75 Å². The second-order valence-electron chi connectivity index (χ2n) is 8.70. The van der Waals surface area contributed by atoms with E-state index in [1.807, 2.05) is 48.5 Å². The molecule has 0 saturated carbocycles. The van der Waals surface area contributed by atoms with Crippen LogP contribution in [0.25, 0.3) is 0 Å². The molecule has 1 saturated heterocycles. The zero-order valence-electron chi connectivity index (χ0n) is 19.7. The van der Waals surface area contributed by atoms with Crippen LogP contribution in [0.1, 0.15) is 17.5 Å². The van der Waals surface area contributed by atoms with E-state index in [-0.39, 0.29) is 19.1 Å². The maximum Gasteiger partial charge on any atom is 0.252 e. The van der Waals surface area contributed by atoms with Gasteiger partial charge in [0.25, 0.3) is 5.91 Å². The first-order valence-corrected chi connectivity index (χ1v) is 12.8. The molecule has 2 heterocycles. The number of rotatable bonds is 11. The standard InChI is InChI=1S/C26H32BrN3O5/c27-22-6-2-20(3-7-22)18-26(25(32)28-10-11-30-12-16-33-17-13-30)19-35-24(29-26)21-4-8-23(9-5-21)34-15-1-14-31/h2-9,31H,1,10-19H2,(H,28,32)/t26-/m1/s1. The minimum atomic E-state index is -1.04. The van der Waals surface area contributed by atoms with Crippen LogP contribution in [-0.2, 0) is 20.7 Å². The first-order valence-electron chi connectivity index (χ1n) is 12.0. The molecule has 0 spiro atoms. The summed E-state index contributed by atoms with van der Waals surface area (Å²) < 4.78 is 18.0. The fourth-order valence-electron chi connectivity index (χ4n) is 4.09. The quantitative estimate of drug-likeness (QED) is 0.421. The predicted molar refractivity (Wildman–Crippen MR) is 137 cm³/mol. The van der Waals surface area contributed by atoms with E-state index in [0.29, 0.717) is 37.6 Å². The summed E-state index contributed by atoms with van der Waals surface area (Å²) in [5, 5.41) is 12.0. The third kappa shape index (κ3) is 7.04. The van der Waals surface area contributed by atoms with Crippen molar-refractivity contribution in [2.24, 2.45) is 4.99 Å². The second kappa shape index (κ2) is 12.5. The fraction of sp³-hybridized carbons (Fsp3) is 0.462. The van der Waals surface area contributed by atoms with Gasteiger partial charge in [0.1, 0.15) is 12.4 Å². The van der Waals surface area contributed by atoms with Crippen molar-refractivity contribution < 1.29 is 24.1 Å². The zero-order valence-corrected chi connectivity index (χ0v) is 21.3. The van der Waals surface area contributed by atoms with Crippen LogP contribution < -0.4 is 10.1 Å². The molecule has 2 aliphatic rings. The zero-order chi connectivity index (χ0) is 24.5. The monoisotopic (exact) mass is 545 g/mol. The Morgan fingerprint density at radius 3 is 2.60 bits per heavy atom. The summed E-state index contributed by atoms with van der Waals surface area (Å²) in [6.45, 7) is 5.27. The number of benzene rings is 2. The van der Waals surface area contributed by atoms with Crippen molar-refractivity contribution >= 4 is 27.7 Å². The molecule has 0 aliphatic carbocycles. The molecule has 0 radical (unpaired) electrons. The Balaban J connectivity index is 1.47. The van der Waals surface area contributed by atoms with Gasteiger partial charge in [-0.25, -0.2) is 4.99 Å². The van der Waals surface area contributed by atoms with Crippen LogP contribution >= 0.6 is 15.9 Å². The normalized spacial score (nSPS) is 20.2. The lowest BCUT2D eigenvalue weighted by Crippen LogP contribution is -2.50. The molecule has 9 heteroatoms. The van der Waals surface area contributed by atoms with Crippen LogP contribution in [0.2, 0.25) is 0 Å². The van der Waals surface area contributed by atoms with Crippen LogP contribution in [0, 0.1) is 0 Å². The second-order valence-corrected chi connectivity index (χ2v) is 9.62. The van der Waals surface area contributed by atoms with Crippen molar-refractivity contribution in [3.05, 3.63) is 64.1 Å². The van der Waals surface area contributed by atoms with Gasteiger partial charge < -0.3 is 24.6 Å². The molecule has 0 unspecified atom stereocenters. The highest BCUT2D eigenvalue weighted by Crippen LogP contribution is 2.28. The number of amides is 1. The number of carbonyl (C=O) groups is 1. The molecule has 2 aliphatic heterocycles. The largest absolute Gasteiger partial charge is 0.494 e. The molecular weight excluding hydrogens is 514 g/mol. The highest BCUT2D eigenvalue weighted by molar-refractivity contribution is 9.10. The van der Waals surface area contributed by atoms with E-state index in [9.17, 15) is 4.79 Å². The van der Waals surface area contributed by atoms with E-state index in [4.69, 9.17) is 24.3 Å². The van der Waals surface area contributed by atoms with E-state index < -0.39 is 5.54 Å². The molecule has 188 valence electrons. The SMILES string of the molecule is O=C(NCCN1CCOCC1)[C@@]1(Cc2ccc(Br)cc2)COC(c2ccc(OCCCO)cc2)=N1. The van der Waals surface area contributed by atoms with Gasteiger partial charge in [0.05, 0.1) is 19.8 Å². The maximum atomic E-state index is 13.5. The number of aliphatic imine (C=N–C) groups is 1. The Hall–Kier alpha value is -2.46. The van der Waals surface area contributed by atoms with Crippen molar-refractivity contribution in [1.29, 1.82) is 0 Å². The van der Waals surface area contributed by atoms with Gasteiger partial charge in [-0.05, 0) is 42.0 Å². The van der Waals surface area contributed by atoms with Crippen molar-refractivity contribution in [3.8, 4) is 5.75 Å². The third-order valence-electron chi connectivity index (χ3n) is 6.09. The van der Waals surface area contributed by atoms with Gasteiger partial charge >= 0.3 is 0 Å². The van der Waals surface area contributed by atoms with E-state index in [1.165, 1.54) is 0 Å². The smallest absolute Gasteiger partial charge is 0.252 e. The molecule has 2 N–H and O–H groups in total. The lowest BCUT2D eigenvalue weighted by Gasteiger charge is -2.28. The van der Waals surface area contributed by atoms with Crippen molar-refractivity contribution in [1.82, 2.24) is 10.2 Å². The lowest BCUT2D eigenvalue weighted by molar-refractivity contribution is -0.126. The number of hydrogen-bond donors (Lipinski definition) is 2. The first-order chi connectivity index (χ1) is 17.1. The maximum absolute atomic E-state index is 13.5. The van der Waals surface area contributed by atoms with Gasteiger partial charge in [-0.1, -0.05) is 28.1 Å². The molecule has 4 rings (SSSR count). The predicted octanol–water partition coefficient (Wildman–Crippen LogP) is 2.42. The molecule has 1 atom stereocenters. The summed E-state index contributed by atoms with van der Waals surface area (Å²) in [4.78, 5) is 20.6. The lowest BCUT2D eigenvalue weighted by atomic mass is 9.91. The van der Waals surface area contributed by atoms with Crippen molar-refractivity contribution in [3.63, 3.8) is 0 Å². The van der Waals surface area contributed by atoms with Crippen LogP contribution in [0.4, 0.5) is 0 Å². The summed E-state index contributed by atoms with van der Waals surface area (Å²) in [6, 6.07) is 15.4. The number of aliphatic hydroxyl groups is 1. The number of ether oxygens (including phenoxy) is 3. The topological polar surface area (TPSA) is 92.6 Å². The van der Waals surface area contributed by atoms with Gasteiger partial charge in [0, 0.05) is 55.7 Å². The van der Waals surface area contributed by atoms with Gasteiger partial charge in [0.15, 0.2) is 5.54 Å².